The van der Waals surface area contributed by atoms with E-state index in [1.165, 1.54) is 25.3 Å². The van der Waals surface area contributed by atoms with Crippen molar-refractivity contribution in [2.45, 2.75) is 73.4 Å². The summed E-state index contributed by atoms with van der Waals surface area (Å²) in [4.78, 5) is 14.3. The van der Waals surface area contributed by atoms with Crippen LogP contribution in [-0.2, 0) is 43.3 Å². The van der Waals surface area contributed by atoms with Crippen LogP contribution >= 0.6 is 0 Å². The van der Waals surface area contributed by atoms with E-state index in [2.05, 4.69) is 4.90 Å². The number of nitrogens with zero attached hydrogens (tertiary/aromatic N) is 1. The van der Waals surface area contributed by atoms with E-state index in [1.807, 2.05) is 0 Å². The van der Waals surface area contributed by atoms with Crippen molar-refractivity contribution >= 4 is 15.8 Å². The average Bonchev–Trinajstić information content (AvgIpc) is 3.43. The number of alkyl halides is 3. The first kappa shape index (κ1) is 33.4. The van der Waals surface area contributed by atoms with Gasteiger partial charge in [0.1, 0.15) is 28.7 Å². The molecule has 1 heterocycles. The first-order valence-electron chi connectivity index (χ1n) is 15.8. The molecule has 2 atom stereocenters. The molecule has 1 aliphatic heterocycles. The monoisotopic (exact) mass is 677 g/mol. The van der Waals surface area contributed by atoms with Crippen LogP contribution in [-0.4, -0.2) is 45.5 Å². The van der Waals surface area contributed by atoms with Crippen molar-refractivity contribution < 1.29 is 44.6 Å². The van der Waals surface area contributed by atoms with Gasteiger partial charge < -0.3 is 9.47 Å². The summed E-state index contributed by atoms with van der Waals surface area (Å²) >= 11 is 0. The number of sulfone groups is 1. The summed E-state index contributed by atoms with van der Waals surface area (Å²) in [6, 6.07) is 12.0. The van der Waals surface area contributed by atoms with Gasteiger partial charge in [0.15, 0.2) is 9.84 Å². The third-order valence-corrected chi connectivity index (χ3v) is 12.8. The van der Waals surface area contributed by atoms with Gasteiger partial charge in [-0.1, -0.05) is 12.1 Å². The molecule has 6 rings (SSSR count). The van der Waals surface area contributed by atoms with Gasteiger partial charge in [-0.15, -0.1) is 0 Å². The molecule has 3 aromatic carbocycles. The zero-order chi connectivity index (χ0) is 33.6. The lowest BCUT2D eigenvalue weighted by atomic mass is 9.78. The maximum atomic E-state index is 14.6. The quantitative estimate of drug-likeness (QED) is 0.142. The van der Waals surface area contributed by atoms with E-state index in [-0.39, 0.29) is 34.5 Å². The van der Waals surface area contributed by atoms with Crippen molar-refractivity contribution in [2.24, 2.45) is 11.8 Å². The van der Waals surface area contributed by atoms with Gasteiger partial charge in [-0.2, -0.15) is 13.2 Å². The fourth-order valence-electron chi connectivity index (χ4n) is 7.93. The number of rotatable bonds is 8. The highest BCUT2D eigenvalue weighted by molar-refractivity contribution is 7.92. The molecule has 252 valence electrons. The molecular weight excluding hydrogens is 641 g/mol. The highest BCUT2D eigenvalue weighted by Crippen LogP contribution is 2.53. The molecule has 2 fully saturated rings. The van der Waals surface area contributed by atoms with Crippen LogP contribution in [0.15, 0.2) is 65.6 Å². The Hall–Kier alpha value is -3.51. The number of likely N-dealkylation sites (tertiary alicyclic amines) is 1. The smallest absolute Gasteiger partial charge is 0.416 e. The molecule has 12 heteroatoms. The van der Waals surface area contributed by atoms with Crippen LogP contribution in [0.4, 0.5) is 22.0 Å². The number of carbonyl (C=O) groups excluding carboxylic acids is 1. The molecule has 0 amide bonds. The Labute approximate surface area is 270 Å². The molecule has 3 aliphatic rings. The lowest BCUT2D eigenvalue weighted by Gasteiger charge is -2.43. The second kappa shape index (κ2) is 12.8. The molecule has 0 spiro atoms. The molecule has 1 saturated heterocycles. The SMILES string of the molecule is COC(=O)[C@H]1CC[C@H](CN2CC[C@@]3(S(=O)(=O)c4ccc(F)cc4)c4ccc(OCc5c(F)cccc5C(F)(F)F)cc4CC[C@@H]23)CC1. The molecule has 3 aromatic rings. The van der Waals surface area contributed by atoms with Crippen molar-refractivity contribution in [3.8, 4) is 5.75 Å². The number of carbonyl (C=O) groups is 1. The third-order valence-electron chi connectivity index (χ3n) is 10.3. The van der Waals surface area contributed by atoms with E-state index >= 15 is 0 Å². The number of ether oxygens (including phenoxy) is 2. The number of methoxy groups -OCH3 is 1. The molecule has 0 N–H and O–H groups in total. The maximum absolute atomic E-state index is 14.6. The lowest BCUT2D eigenvalue weighted by Crippen LogP contribution is -2.51. The predicted octanol–water partition coefficient (Wildman–Crippen LogP) is 7.23. The van der Waals surface area contributed by atoms with Gasteiger partial charge in [-0.05, 0) is 111 Å². The maximum Gasteiger partial charge on any atom is 0.416 e. The number of halogens is 5. The standard InChI is InChI=1S/C35H36F5NO5S/c1-45-33(42)23-7-5-22(6-8-23)20-41-18-17-34(47(43,44)27-13-10-25(36)11-14-27)29-15-12-26(19-24(29)9-16-32(34)41)46-21-28-30(35(38,39)40)3-2-4-31(28)37/h2-4,10-15,19,22-23,32H,5-9,16-18,20-21H2,1H3/t22-,23-,32-,34-/m1/s1. The minimum atomic E-state index is -4.76. The number of fused-ring (bicyclic) bond motifs is 3. The molecular formula is C35H36F5NO5S. The number of hydrogen-bond donors (Lipinski definition) is 0. The Balaban J connectivity index is 1.31. The molecule has 0 radical (unpaired) electrons. The summed E-state index contributed by atoms with van der Waals surface area (Å²) in [7, 11) is -2.68. The summed E-state index contributed by atoms with van der Waals surface area (Å²) in [5.41, 5.74) is -0.452. The number of aryl methyl sites for hydroxylation is 1. The van der Waals surface area contributed by atoms with Crippen molar-refractivity contribution in [3.63, 3.8) is 0 Å². The minimum absolute atomic E-state index is 0.0109. The van der Waals surface area contributed by atoms with Gasteiger partial charge in [0.05, 0.1) is 23.5 Å². The largest absolute Gasteiger partial charge is 0.489 e. The van der Waals surface area contributed by atoms with Crippen molar-refractivity contribution in [1.29, 1.82) is 0 Å². The normalized spacial score (nSPS) is 24.8. The first-order chi connectivity index (χ1) is 22.3. The molecule has 1 saturated carbocycles. The van der Waals surface area contributed by atoms with Crippen LogP contribution in [0.25, 0.3) is 0 Å². The fourth-order valence-corrected chi connectivity index (χ4v) is 10.3. The van der Waals surface area contributed by atoms with Crippen molar-refractivity contribution in [1.82, 2.24) is 4.90 Å². The highest BCUT2D eigenvalue weighted by Gasteiger charge is 2.60. The van der Waals surface area contributed by atoms with Gasteiger partial charge in [0, 0.05) is 24.7 Å². The van der Waals surface area contributed by atoms with E-state index < -0.39 is 50.1 Å². The van der Waals surface area contributed by atoms with Gasteiger partial charge in [-0.25, -0.2) is 17.2 Å². The second-order valence-corrected chi connectivity index (χ2v) is 15.0. The summed E-state index contributed by atoms with van der Waals surface area (Å²) in [6.07, 6.45) is -0.368. The molecule has 47 heavy (non-hydrogen) atoms. The predicted molar refractivity (Wildman–Crippen MR) is 163 cm³/mol. The highest BCUT2D eigenvalue weighted by atomic mass is 32.2. The van der Waals surface area contributed by atoms with Crippen molar-refractivity contribution in [3.05, 3.63) is 94.6 Å². The summed E-state index contributed by atoms with van der Waals surface area (Å²) in [5.74, 6) is -1.42. The van der Waals surface area contributed by atoms with Gasteiger partial charge in [0.2, 0.25) is 0 Å². The van der Waals surface area contributed by atoms with Crippen LogP contribution in [0.1, 0.15) is 60.8 Å². The Kier molecular flexibility index (Phi) is 9.12. The van der Waals surface area contributed by atoms with E-state index in [4.69, 9.17) is 9.47 Å². The van der Waals surface area contributed by atoms with E-state index in [9.17, 15) is 35.2 Å². The fraction of sp³-hybridized carbons (Fsp3) is 0.457. The summed E-state index contributed by atoms with van der Waals surface area (Å²) < 4.78 is 107. The summed E-state index contributed by atoms with van der Waals surface area (Å²) in [5, 5.41) is 0. The Morgan fingerprint density at radius 3 is 2.38 bits per heavy atom. The Bertz CT molecular complexity index is 1740. The van der Waals surface area contributed by atoms with Gasteiger partial charge in [-0.3, -0.25) is 9.69 Å². The summed E-state index contributed by atoms with van der Waals surface area (Å²) in [6.45, 7) is 0.543. The van der Waals surface area contributed by atoms with Crippen LogP contribution < -0.4 is 4.74 Å². The van der Waals surface area contributed by atoms with Gasteiger partial charge >= 0.3 is 12.1 Å². The lowest BCUT2D eigenvalue weighted by molar-refractivity contribution is -0.147. The number of benzene rings is 3. The molecule has 2 aliphatic carbocycles. The van der Waals surface area contributed by atoms with Gasteiger partial charge in [0.25, 0.3) is 0 Å². The number of hydrogen-bond acceptors (Lipinski definition) is 6. The van der Waals surface area contributed by atoms with Crippen LogP contribution in [0.5, 0.6) is 5.75 Å². The molecule has 0 unspecified atom stereocenters. The molecule has 0 aromatic heterocycles. The van der Waals surface area contributed by atoms with E-state index in [0.29, 0.717) is 43.5 Å². The Morgan fingerprint density at radius 1 is 0.979 bits per heavy atom. The van der Waals surface area contributed by atoms with E-state index in [0.717, 1.165) is 56.0 Å². The zero-order valence-electron chi connectivity index (χ0n) is 25.9. The second-order valence-electron chi connectivity index (χ2n) is 12.8. The van der Waals surface area contributed by atoms with Crippen LogP contribution in [0.3, 0.4) is 0 Å². The number of esters is 1. The molecule has 6 nitrogen and oxygen atoms in total. The minimum Gasteiger partial charge on any atom is -0.489 e. The van der Waals surface area contributed by atoms with E-state index in [1.54, 1.807) is 12.1 Å². The molecule has 0 bridgehead atoms. The van der Waals surface area contributed by atoms with Crippen LogP contribution in [0.2, 0.25) is 0 Å². The van der Waals surface area contributed by atoms with Crippen LogP contribution in [0, 0.1) is 23.5 Å². The third kappa shape index (κ3) is 6.14. The topological polar surface area (TPSA) is 72.9 Å². The first-order valence-corrected chi connectivity index (χ1v) is 17.3. The zero-order valence-corrected chi connectivity index (χ0v) is 26.7. The average molecular weight is 678 g/mol. The van der Waals surface area contributed by atoms with Crippen molar-refractivity contribution in [2.75, 3.05) is 20.2 Å². The Morgan fingerprint density at radius 2 is 1.70 bits per heavy atom.